The van der Waals surface area contributed by atoms with Crippen molar-refractivity contribution < 1.29 is 0 Å². The molecule has 6 nitrogen and oxygen atoms in total. The summed E-state index contributed by atoms with van der Waals surface area (Å²) in [6, 6.07) is 0.223. The highest BCUT2D eigenvalue weighted by atomic mass is 15.3. The van der Waals surface area contributed by atoms with E-state index in [0.29, 0.717) is 0 Å². The molecule has 1 aromatic heterocycles. The van der Waals surface area contributed by atoms with Crippen LogP contribution >= 0.6 is 0 Å². The van der Waals surface area contributed by atoms with Crippen LogP contribution in [0.25, 0.3) is 0 Å². The van der Waals surface area contributed by atoms with E-state index in [4.69, 9.17) is 10.8 Å². The lowest BCUT2D eigenvalue weighted by Crippen LogP contribution is -2.32. The molecular weight excluding hydrogens is 252 g/mol. The van der Waals surface area contributed by atoms with E-state index in [1.807, 2.05) is 6.92 Å². The van der Waals surface area contributed by atoms with Crippen LogP contribution in [-0.4, -0.2) is 53.5 Å². The number of rotatable bonds is 3. The van der Waals surface area contributed by atoms with Gasteiger partial charge in [0, 0.05) is 17.8 Å². The lowest BCUT2D eigenvalue weighted by atomic mass is 10.1. The summed E-state index contributed by atoms with van der Waals surface area (Å²) in [5.74, 6) is 7.22. The maximum Gasteiger partial charge on any atom is 0.149 e. The largest absolute Gasteiger partial charge is 0.308 e. The molecule has 0 aliphatic carbocycles. The first-order valence-electron chi connectivity index (χ1n) is 7.29. The molecule has 1 fully saturated rings. The number of hydrogen-bond acceptors (Lipinski definition) is 6. The Morgan fingerprint density at radius 2 is 2.05 bits per heavy atom. The van der Waals surface area contributed by atoms with Gasteiger partial charge in [-0.2, -0.15) is 0 Å². The second-order valence-corrected chi connectivity index (χ2v) is 5.61. The second-order valence-electron chi connectivity index (χ2n) is 5.61. The van der Waals surface area contributed by atoms with Crippen molar-refractivity contribution >= 4 is 5.82 Å². The van der Waals surface area contributed by atoms with Crippen LogP contribution in [0.3, 0.4) is 0 Å². The summed E-state index contributed by atoms with van der Waals surface area (Å²) in [7, 11) is 4.30. The summed E-state index contributed by atoms with van der Waals surface area (Å²) in [5, 5.41) is 0. The van der Waals surface area contributed by atoms with Gasteiger partial charge >= 0.3 is 0 Å². The number of hydrogen-bond donors (Lipinski definition) is 2. The van der Waals surface area contributed by atoms with Crippen LogP contribution in [0.2, 0.25) is 0 Å². The minimum Gasteiger partial charge on any atom is -0.308 e. The monoisotopic (exact) mass is 278 g/mol. The minimum absolute atomic E-state index is 0.223. The summed E-state index contributed by atoms with van der Waals surface area (Å²) < 4.78 is 0. The number of nitrogen functional groups attached to an aromatic ring is 1. The van der Waals surface area contributed by atoms with Crippen LogP contribution in [0.4, 0.5) is 5.82 Å². The first kappa shape index (κ1) is 15.2. The van der Waals surface area contributed by atoms with Crippen LogP contribution in [0.15, 0.2) is 0 Å². The zero-order chi connectivity index (χ0) is 14.7. The fourth-order valence-corrected chi connectivity index (χ4v) is 2.77. The maximum atomic E-state index is 5.60. The first-order valence-corrected chi connectivity index (χ1v) is 7.29. The molecule has 0 radical (unpaired) electrons. The molecule has 0 amide bonds. The molecule has 0 spiro atoms. The van der Waals surface area contributed by atoms with Crippen molar-refractivity contribution in [2.75, 3.05) is 39.2 Å². The predicted molar refractivity (Wildman–Crippen MR) is 81.4 cm³/mol. The molecule has 0 bridgehead atoms. The molecule has 20 heavy (non-hydrogen) atoms. The number of nitrogens with zero attached hydrogens (tertiary/aromatic N) is 4. The van der Waals surface area contributed by atoms with Gasteiger partial charge in [0.1, 0.15) is 11.6 Å². The molecule has 0 aromatic carbocycles. The summed E-state index contributed by atoms with van der Waals surface area (Å²) in [6.45, 7) is 7.27. The number of aryl methyl sites for hydroxylation is 1. The summed E-state index contributed by atoms with van der Waals surface area (Å²) in [5.41, 5.74) is 4.83. The van der Waals surface area contributed by atoms with E-state index in [-0.39, 0.29) is 6.04 Å². The third kappa shape index (κ3) is 3.08. The van der Waals surface area contributed by atoms with Crippen LogP contribution in [0.1, 0.15) is 36.5 Å². The number of likely N-dealkylation sites (N-methyl/N-ethyl adjacent to an activating group) is 2. The third-order valence-electron chi connectivity index (χ3n) is 4.10. The van der Waals surface area contributed by atoms with Crippen LogP contribution < -0.4 is 11.3 Å². The van der Waals surface area contributed by atoms with Crippen molar-refractivity contribution in [1.29, 1.82) is 0 Å². The van der Waals surface area contributed by atoms with Gasteiger partial charge in [-0.1, -0.05) is 6.92 Å². The van der Waals surface area contributed by atoms with Crippen LogP contribution in [-0.2, 0) is 6.42 Å². The number of anilines is 1. The molecule has 2 rings (SSSR count). The fourth-order valence-electron chi connectivity index (χ4n) is 2.77. The van der Waals surface area contributed by atoms with Crippen LogP contribution in [0, 0.1) is 6.92 Å². The highest BCUT2D eigenvalue weighted by Gasteiger charge is 2.25. The molecule has 0 saturated carbocycles. The van der Waals surface area contributed by atoms with Crippen molar-refractivity contribution in [3.8, 4) is 0 Å². The zero-order valence-corrected chi connectivity index (χ0v) is 13.0. The molecule has 1 atom stereocenters. The molecular formula is C14H26N6. The summed E-state index contributed by atoms with van der Waals surface area (Å²) >= 11 is 0. The Labute approximate surface area is 121 Å². The van der Waals surface area contributed by atoms with Gasteiger partial charge < -0.3 is 10.3 Å². The average molecular weight is 278 g/mol. The zero-order valence-electron chi connectivity index (χ0n) is 13.0. The molecule has 1 aliphatic rings. The second kappa shape index (κ2) is 6.47. The quantitative estimate of drug-likeness (QED) is 0.633. The molecule has 1 unspecified atom stereocenters. The van der Waals surface area contributed by atoms with Gasteiger partial charge in [-0.05, 0) is 47.0 Å². The van der Waals surface area contributed by atoms with Crippen molar-refractivity contribution in [3.05, 3.63) is 17.1 Å². The number of hydrazine groups is 1. The van der Waals surface area contributed by atoms with Crippen LogP contribution in [0.5, 0.6) is 0 Å². The minimum atomic E-state index is 0.223. The lowest BCUT2D eigenvalue weighted by Gasteiger charge is -2.27. The number of nitrogens with one attached hydrogen (secondary N) is 1. The highest BCUT2D eigenvalue weighted by molar-refractivity contribution is 5.45. The van der Waals surface area contributed by atoms with Gasteiger partial charge in [0.2, 0.25) is 0 Å². The third-order valence-corrected chi connectivity index (χ3v) is 4.10. The number of aromatic nitrogens is 2. The Morgan fingerprint density at radius 3 is 2.70 bits per heavy atom. The molecule has 3 N–H and O–H groups in total. The Kier molecular flexibility index (Phi) is 4.91. The molecule has 6 heteroatoms. The van der Waals surface area contributed by atoms with Crippen molar-refractivity contribution in [2.45, 2.75) is 32.7 Å². The van der Waals surface area contributed by atoms with Gasteiger partial charge in [0.25, 0.3) is 0 Å². The predicted octanol–water partition coefficient (Wildman–Crippen LogP) is 0.941. The van der Waals surface area contributed by atoms with Gasteiger partial charge in [-0.15, -0.1) is 0 Å². The van der Waals surface area contributed by atoms with E-state index in [1.54, 1.807) is 0 Å². The lowest BCUT2D eigenvalue weighted by molar-refractivity contribution is 0.219. The van der Waals surface area contributed by atoms with E-state index in [1.165, 1.54) is 6.42 Å². The van der Waals surface area contributed by atoms with Gasteiger partial charge in [-0.3, -0.25) is 4.90 Å². The van der Waals surface area contributed by atoms with Gasteiger partial charge in [0.05, 0.1) is 6.04 Å². The Balaban J connectivity index is 2.39. The average Bonchev–Trinajstić information content (AvgIpc) is 2.61. The SMILES string of the molecule is CCc1nc(C2CN(C)CCCN2C)nc(NN)c1C. The topological polar surface area (TPSA) is 70.3 Å². The molecule has 1 aliphatic heterocycles. The summed E-state index contributed by atoms with van der Waals surface area (Å²) in [4.78, 5) is 14.1. The van der Waals surface area contributed by atoms with Gasteiger partial charge in [0.15, 0.2) is 0 Å². The fraction of sp³-hybridized carbons (Fsp3) is 0.714. The Bertz CT molecular complexity index is 436. The molecule has 1 saturated heterocycles. The molecule has 1 aromatic rings. The molecule has 112 valence electrons. The van der Waals surface area contributed by atoms with E-state index < -0.39 is 0 Å². The number of nitrogens with two attached hydrogens (primary N) is 1. The normalized spacial score (nSPS) is 21.8. The Morgan fingerprint density at radius 1 is 1.30 bits per heavy atom. The van der Waals surface area contributed by atoms with Crippen molar-refractivity contribution in [2.24, 2.45) is 5.84 Å². The van der Waals surface area contributed by atoms with E-state index in [0.717, 1.165) is 49.0 Å². The van der Waals surface area contributed by atoms with E-state index in [9.17, 15) is 0 Å². The van der Waals surface area contributed by atoms with E-state index >= 15 is 0 Å². The Hall–Kier alpha value is -1.24. The standard InChI is InChI=1S/C14H26N6/c1-5-11-10(2)13(18-15)17-14(16-11)12-9-19(3)7-6-8-20(12)4/h12H,5-9,15H2,1-4H3,(H,16,17,18). The maximum absolute atomic E-state index is 5.60. The molecule has 2 heterocycles. The van der Waals surface area contributed by atoms with Crippen molar-refractivity contribution in [1.82, 2.24) is 19.8 Å². The van der Waals surface area contributed by atoms with Gasteiger partial charge in [-0.25, -0.2) is 15.8 Å². The highest BCUT2D eigenvalue weighted by Crippen LogP contribution is 2.24. The van der Waals surface area contributed by atoms with E-state index in [2.05, 4.69) is 41.2 Å². The first-order chi connectivity index (χ1) is 9.56. The summed E-state index contributed by atoms with van der Waals surface area (Å²) in [6.07, 6.45) is 2.07. The smallest absolute Gasteiger partial charge is 0.149 e. The van der Waals surface area contributed by atoms with Crippen molar-refractivity contribution in [3.63, 3.8) is 0 Å².